The lowest BCUT2D eigenvalue weighted by Gasteiger charge is -2.17. The Hall–Kier alpha value is -1.45. The highest BCUT2D eigenvalue weighted by Crippen LogP contribution is 2.30. The van der Waals surface area contributed by atoms with E-state index in [0.29, 0.717) is 12.2 Å². The van der Waals surface area contributed by atoms with Crippen molar-refractivity contribution in [2.24, 2.45) is 11.7 Å². The summed E-state index contributed by atoms with van der Waals surface area (Å²) in [7, 11) is -4.73. The predicted molar refractivity (Wildman–Crippen MR) is 99.6 cm³/mol. The second kappa shape index (κ2) is 9.48. The molecule has 0 radical (unpaired) electrons. The molecule has 1 aromatic carbocycles. The van der Waals surface area contributed by atoms with Gasteiger partial charge in [-0.05, 0) is 43.9 Å². The monoisotopic (exact) mass is 411 g/mol. The van der Waals surface area contributed by atoms with Gasteiger partial charge in [0.2, 0.25) is 15.7 Å². The molecule has 26 heavy (non-hydrogen) atoms. The molecule has 10 heteroatoms. The number of rotatable bonds is 7. The molecule has 0 bridgehead atoms. The van der Waals surface area contributed by atoms with E-state index in [1.807, 2.05) is 6.92 Å². The molecule has 4 N–H and O–H groups in total. The highest BCUT2D eigenvalue weighted by molar-refractivity contribution is 7.91. The number of nitrogens with one attached hydrogen (secondary N) is 2. The van der Waals surface area contributed by atoms with Gasteiger partial charge in [0.15, 0.2) is 0 Å². The molecule has 6 nitrogen and oxygen atoms in total. The largest absolute Gasteiger partial charge is 0.384 e. The number of sulfone groups is 1. The van der Waals surface area contributed by atoms with Gasteiger partial charge in [-0.3, -0.25) is 4.79 Å². The number of hydrogen-bond acceptors (Lipinski definition) is 5. The van der Waals surface area contributed by atoms with E-state index in [4.69, 9.17) is 5.73 Å². The molecular weight excluding hydrogens is 388 g/mol. The smallest absolute Gasteiger partial charge is 0.341 e. The van der Waals surface area contributed by atoms with Crippen molar-refractivity contribution in [2.75, 3.05) is 17.2 Å². The summed E-state index contributed by atoms with van der Waals surface area (Å²) in [5.41, 5.74) is 6.60. The number of alkyl halides is 2. The second-order valence-corrected chi connectivity index (χ2v) is 8.07. The van der Waals surface area contributed by atoms with Crippen molar-refractivity contribution in [1.29, 1.82) is 0 Å². The lowest BCUT2D eigenvalue weighted by atomic mass is 10.00. The van der Waals surface area contributed by atoms with Crippen LogP contribution in [0.25, 0.3) is 0 Å². The first-order chi connectivity index (χ1) is 11.8. The van der Waals surface area contributed by atoms with Gasteiger partial charge in [-0.25, -0.2) is 8.42 Å². The van der Waals surface area contributed by atoms with Crippen LogP contribution in [0.1, 0.15) is 32.6 Å². The molecule has 2 rings (SSSR count). The molecule has 0 spiro atoms. The molecule has 1 fully saturated rings. The summed E-state index contributed by atoms with van der Waals surface area (Å²) in [6.07, 6.45) is 2.94. The van der Waals surface area contributed by atoms with Crippen LogP contribution < -0.4 is 16.4 Å². The van der Waals surface area contributed by atoms with Gasteiger partial charge >= 0.3 is 5.76 Å². The van der Waals surface area contributed by atoms with Crippen molar-refractivity contribution in [3.8, 4) is 0 Å². The summed E-state index contributed by atoms with van der Waals surface area (Å²) >= 11 is 0. The Bertz CT molecular complexity index is 731. The zero-order chi connectivity index (χ0) is 18.6. The van der Waals surface area contributed by atoms with E-state index in [1.165, 1.54) is 6.07 Å². The van der Waals surface area contributed by atoms with E-state index in [0.717, 1.165) is 31.4 Å². The van der Waals surface area contributed by atoms with Crippen molar-refractivity contribution in [2.45, 2.75) is 49.3 Å². The SMILES string of the molecule is CCNc1ccc(S(=O)(=O)C(F)F)cc1NC(=O)C[C@@H]1CCC[C@H]1N.Cl. The van der Waals surface area contributed by atoms with Crippen LogP contribution in [-0.2, 0) is 14.6 Å². The Balaban J connectivity index is 0.00000338. The zero-order valence-corrected chi connectivity index (χ0v) is 16.0. The Kier molecular flexibility index (Phi) is 8.23. The van der Waals surface area contributed by atoms with Gasteiger partial charge in [-0.1, -0.05) is 6.42 Å². The normalized spacial score (nSPS) is 19.9. The first kappa shape index (κ1) is 22.6. The van der Waals surface area contributed by atoms with Crippen LogP contribution in [0.5, 0.6) is 0 Å². The number of benzene rings is 1. The zero-order valence-electron chi connectivity index (χ0n) is 14.4. The molecule has 2 atom stereocenters. The van der Waals surface area contributed by atoms with Gasteiger partial charge in [0.1, 0.15) is 0 Å². The van der Waals surface area contributed by atoms with E-state index < -0.39 is 20.5 Å². The number of halogens is 3. The van der Waals surface area contributed by atoms with Crippen LogP contribution in [0.2, 0.25) is 0 Å². The van der Waals surface area contributed by atoms with Gasteiger partial charge in [0.05, 0.1) is 16.3 Å². The second-order valence-electron chi connectivity index (χ2n) is 6.15. The van der Waals surface area contributed by atoms with Crippen molar-refractivity contribution in [3.05, 3.63) is 18.2 Å². The van der Waals surface area contributed by atoms with Crippen molar-refractivity contribution >= 4 is 39.5 Å². The lowest BCUT2D eigenvalue weighted by Crippen LogP contribution is -2.28. The molecule has 0 aromatic heterocycles. The number of nitrogens with two attached hydrogens (primary N) is 1. The molecule has 1 aliphatic rings. The summed E-state index contributed by atoms with van der Waals surface area (Å²) in [6.45, 7) is 2.35. The molecule has 1 amide bonds. The number of hydrogen-bond donors (Lipinski definition) is 3. The van der Waals surface area contributed by atoms with Crippen molar-refractivity contribution in [3.63, 3.8) is 0 Å². The lowest BCUT2D eigenvalue weighted by molar-refractivity contribution is -0.117. The third-order valence-electron chi connectivity index (χ3n) is 4.36. The summed E-state index contributed by atoms with van der Waals surface area (Å²) in [4.78, 5) is 11.7. The molecule has 1 aliphatic carbocycles. The third-order valence-corrected chi connectivity index (χ3v) is 5.74. The first-order valence-electron chi connectivity index (χ1n) is 8.21. The Morgan fingerprint density at radius 3 is 2.54 bits per heavy atom. The maximum Gasteiger partial charge on any atom is 0.341 e. The van der Waals surface area contributed by atoms with Crippen LogP contribution in [0.15, 0.2) is 23.1 Å². The quantitative estimate of drug-likeness (QED) is 0.640. The standard InChI is InChI=1S/C16H23F2N3O3S.ClH/c1-2-20-13-7-6-11(25(23,24)16(17)18)9-14(13)21-15(22)8-10-4-3-5-12(10)19;/h6-7,9-10,12,16,20H,2-5,8,19H2,1H3,(H,21,22);1H/t10-,12+;/m0./s1. The van der Waals surface area contributed by atoms with E-state index in [-0.39, 0.29) is 42.4 Å². The predicted octanol–water partition coefficient (Wildman–Crippen LogP) is 2.99. The maximum absolute atomic E-state index is 12.7. The van der Waals surface area contributed by atoms with Gasteiger partial charge in [-0.15, -0.1) is 12.4 Å². The minimum absolute atomic E-state index is 0. The minimum atomic E-state index is -4.73. The molecule has 0 saturated heterocycles. The molecule has 148 valence electrons. The molecule has 1 aromatic rings. The number of amides is 1. The highest BCUT2D eigenvalue weighted by atomic mass is 35.5. The average Bonchev–Trinajstić information content (AvgIpc) is 2.94. The van der Waals surface area contributed by atoms with E-state index in [1.54, 1.807) is 0 Å². The van der Waals surface area contributed by atoms with Crippen LogP contribution in [-0.4, -0.2) is 32.7 Å². The van der Waals surface area contributed by atoms with Crippen LogP contribution in [0.3, 0.4) is 0 Å². The highest BCUT2D eigenvalue weighted by Gasteiger charge is 2.28. The Morgan fingerprint density at radius 2 is 2.00 bits per heavy atom. The fraction of sp³-hybridized carbons (Fsp3) is 0.562. The summed E-state index contributed by atoms with van der Waals surface area (Å²) in [6, 6.07) is 3.51. The summed E-state index contributed by atoms with van der Waals surface area (Å²) in [5.74, 6) is -3.75. The van der Waals surface area contributed by atoms with Gasteiger partial charge in [0, 0.05) is 19.0 Å². The fourth-order valence-corrected chi connectivity index (χ4v) is 3.76. The summed E-state index contributed by atoms with van der Waals surface area (Å²) < 4.78 is 48.8. The fourth-order valence-electron chi connectivity index (χ4n) is 3.01. The topological polar surface area (TPSA) is 101 Å². The summed E-state index contributed by atoms with van der Waals surface area (Å²) in [5, 5.41) is 5.60. The van der Waals surface area contributed by atoms with Gasteiger partial charge in [0.25, 0.3) is 0 Å². The maximum atomic E-state index is 12.7. The Labute approximate surface area is 158 Å². The van der Waals surface area contributed by atoms with E-state index >= 15 is 0 Å². The number of anilines is 2. The third kappa shape index (κ3) is 5.28. The molecule has 0 aliphatic heterocycles. The van der Waals surface area contributed by atoms with Gasteiger partial charge < -0.3 is 16.4 Å². The Morgan fingerprint density at radius 1 is 1.31 bits per heavy atom. The number of carbonyl (C=O) groups excluding carboxylic acids is 1. The van der Waals surface area contributed by atoms with Crippen LogP contribution in [0.4, 0.5) is 20.2 Å². The first-order valence-corrected chi connectivity index (χ1v) is 9.75. The molecule has 1 saturated carbocycles. The van der Waals surface area contributed by atoms with E-state index in [9.17, 15) is 22.0 Å². The molecule has 0 heterocycles. The van der Waals surface area contributed by atoms with Crippen LogP contribution in [0, 0.1) is 5.92 Å². The van der Waals surface area contributed by atoms with Crippen LogP contribution >= 0.6 is 12.4 Å². The molecule has 0 unspecified atom stereocenters. The van der Waals surface area contributed by atoms with Crippen molar-refractivity contribution < 1.29 is 22.0 Å². The average molecular weight is 412 g/mol. The molecular formula is C16H24ClF2N3O3S. The minimum Gasteiger partial charge on any atom is -0.384 e. The van der Waals surface area contributed by atoms with Crippen molar-refractivity contribution in [1.82, 2.24) is 0 Å². The number of carbonyl (C=O) groups is 1. The van der Waals surface area contributed by atoms with E-state index in [2.05, 4.69) is 10.6 Å². The van der Waals surface area contributed by atoms with Gasteiger partial charge in [-0.2, -0.15) is 8.78 Å².